The van der Waals surface area contributed by atoms with E-state index in [2.05, 4.69) is 10.3 Å². The highest BCUT2D eigenvalue weighted by Crippen LogP contribution is 2.35. The van der Waals surface area contributed by atoms with Crippen molar-refractivity contribution in [2.75, 3.05) is 26.8 Å². The molecule has 14 heteroatoms. The van der Waals surface area contributed by atoms with Crippen molar-refractivity contribution < 1.29 is 33.3 Å². The predicted molar refractivity (Wildman–Crippen MR) is 146 cm³/mol. The lowest BCUT2D eigenvalue weighted by Crippen LogP contribution is -2.42. The van der Waals surface area contributed by atoms with Gasteiger partial charge in [-0.2, -0.15) is 0 Å². The molecule has 2 N–H and O–H groups in total. The number of halogens is 4. The van der Waals surface area contributed by atoms with Gasteiger partial charge in [-0.15, -0.1) is 5.10 Å². The first kappa shape index (κ1) is 30.6. The number of carbonyl (C=O) groups excluding carboxylic acids is 1. The summed E-state index contributed by atoms with van der Waals surface area (Å²) in [5, 5.41) is 27.8. The first-order valence-corrected chi connectivity index (χ1v) is 14.0. The molecule has 2 heterocycles. The molecule has 2 aromatic carbocycles. The van der Waals surface area contributed by atoms with Crippen molar-refractivity contribution >= 4 is 40.9 Å². The van der Waals surface area contributed by atoms with Crippen LogP contribution in [0, 0.1) is 11.6 Å². The molecule has 0 aliphatic carbocycles. The number of methoxy groups -OCH3 is 1. The van der Waals surface area contributed by atoms with E-state index in [1.54, 1.807) is 23.1 Å². The van der Waals surface area contributed by atoms with E-state index in [9.17, 15) is 23.8 Å². The highest BCUT2D eigenvalue weighted by molar-refractivity contribution is 8.00. The van der Waals surface area contributed by atoms with Gasteiger partial charge in [-0.05, 0) is 43.7 Å². The molecule has 1 saturated heterocycles. The SMILES string of the molecule is CO[C@@H](Cn1cc(-c2cc(F)c(Cl)c(F)c2)nn1)C(OC(CO)[C@@H](C)O)Sc1cc(Cl)ccc1C(=O)N1CCC1. The molecule has 0 radical (unpaired) electrons. The molecule has 1 aliphatic heterocycles. The largest absolute Gasteiger partial charge is 0.394 e. The lowest BCUT2D eigenvalue weighted by atomic mass is 10.1. The number of benzene rings is 2. The summed E-state index contributed by atoms with van der Waals surface area (Å²) >= 11 is 13.0. The molecule has 1 aromatic heterocycles. The second-order valence-electron chi connectivity index (χ2n) is 9.22. The van der Waals surface area contributed by atoms with E-state index in [0.29, 0.717) is 28.6 Å². The monoisotopic (exact) mass is 616 g/mol. The molecule has 1 amide bonds. The van der Waals surface area contributed by atoms with E-state index in [1.165, 1.54) is 24.9 Å². The lowest BCUT2D eigenvalue weighted by Gasteiger charge is -2.33. The molecule has 4 rings (SSSR count). The van der Waals surface area contributed by atoms with Crippen LogP contribution in [0.1, 0.15) is 23.7 Å². The summed E-state index contributed by atoms with van der Waals surface area (Å²) in [7, 11) is 1.45. The number of nitrogens with zero attached hydrogens (tertiary/aromatic N) is 4. The van der Waals surface area contributed by atoms with Gasteiger partial charge in [-0.25, -0.2) is 13.5 Å². The smallest absolute Gasteiger partial charge is 0.254 e. The first-order valence-electron chi connectivity index (χ1n) is 12.4. The van der Waals surface area contributed by atoms with Gasteiger partial charge in [0.05, 0.1) is 31.0 Å². The van der Waals surface area contributed by atoms with Crippen LogP contribution in [0.25, 0.3) is 11.3 Å². The van der Waals surface area contributed by atoms with Gasteiger partial charge in [0.2, 0.25) is 0 Å². The van der Waals surface area contributed by atoms with Gasteiger partial charge in [0, 0.05) is 35.7 Å². The number of hydrogen-bond donors (Lipinski definition) is 2. The Hall–Kier alpha value is -2.32. The number of rotatable bonds is 12. The number of ether oxygens (including phenoxy) is 2. The Morgan fingerprint density at radius 1 is 1.18 bits per heavy atom. The number of aliphatic hydroxyl groups excluding tert-OH is 2. The number of hydrogen-bond acceptors (Lipinski definition) is 8. The first-order chi connectivity index (χ1) is 19.1. The molecule has 9 nitrogen and oxygen atoms in total. The molecule has 2 unspecified atom stereocenters. The molecule has 1 aliphatic rings. The normalized spacial score (nSPS) is 16.4. The average molecular weight is 618 g/mol. The van der Waals surface area contributed by atoms with Crippen molar-refractivity contribution in [3.8, 4) is 11.3 Å². The zero-order valence-corrected chi connectivity index (χ0v) is 24.0. The van der Waals surface area contributed by atoms with Crippen LogP contribution in [-0.4, -0.2) is 86.6 Å². The van der Waals surface area contributed by atoms with Crippen LogP contribution < -0.4 is 0 Å². The van der Waals surface area contributed by atoms with Crippen molar-refractivity contribution in [2.24, 2.45) is 0 Å². The highest BCUT2D eigenvalue weighted by atomic mass is 35.5. The van der Waals surface area contributed by atoms with Gasteiger partial charge in [-0.3, -0.25) is 4.79 Å². The minimum absolute atomic E-state index is 0.0631. The number of aromatic nitrogens is 3. The van der Waals surface area contributed by atoms with E-state index in [0.717, 1.165) is 30.3 Å². The molecule has 3 aromatic rings. The van der Waals surface area contributed by atoms with E-state index in [-0.39, 0.29) is 23.7 Å². The van der Waals surface area contributed by atoms with E-state index < -0.39 is 47.0 Å². The summed E-state index contributed by atoms with van der Waals surface area (Å²) in [5.41, 5.74) is -0.0885. The van der Waals surface area contributed by atoms with Gasteiger partial charge in [0.1, 0.15) is 40.0 Å². The Labute approximate surface area is 244 Å². The number of likely N-dealkylation sites (tertiary alicyclic amines) is 1. The maximum Gasteiger partial charge on any atom is 0.254 e. The second kappa shape index (κ2) is 13.6. The summed E-state index contributed by atoms with van der Waals surface area (Å²) in [5.74, 6) is -2.00. The van der Waals surface area contributed by atoms with Gasteiger partial charge >= 0.3 is 0 Å². The molecule has 216 valence electrons. The van der Waals surface area contributed by atoms with Crippen LogP contribution in [-0.2, 0) is 16.0 Å². The molecule has 0 bridgehead atoms. The third kappa shape index (κ3) is 7.11. The predicted octanol–water partition coefficient (Wildman–Crippen LogP) is 4.27. The van der Waals surface area contributed by atoms with E-state index in [4.69, 9.17) is 32.7 Å². The van der Waals surface area contributed by atoms with E-state index >= 15 is 0 Å². The lowest BCUT2D eigenvalue weighted by molar-refractivity contribution is -0.105. The third-order valence-electron chi connectivity index (χ3n) is 6.38. The van der Waals surface area contributed by atoms with Crippen molar-refractivity contribution in [3.63, 3.8) is 0 Å². The molecule has 40 heavy (non-hydrogen) atoms. The molecular weight excluding hydrogens is 589 g/mol. The minimum atomic E-state index is -1.01. The molecule has 0 spiro atoms. The summed E-state index contributed by atoms with van der Waals surface area (Å²) in [6.07, 6.45) is -0.320. The van der Waals surface area contributed by atoms with Crippen LogP contribution >= 0.6 is 35.0 Å². The van der Waals surface area contributed by atoms with Crippen molar-refractivity contribution in [1.29, 1.82) is 0 Å². The zero-order chi connectivity index (χ0) is 29.0. The van der Waals surface area contributed by atoms with Crippen molar-refractivity contribution in [3.05, 3.63) is 63.8 Å². The van der Waals surface area contributed by atoms with Gasteiger partial charge in [0.15, 0.2) is 0 Å². The second-order valence-corrected chi connectivity index (χ2v) is 11.2. The third-order valence-corrected chi connectivity index (χ3v) is 8.21. The Morgan fingerprint density at radius 3 is 2.45 bits per heavy atom. The number of thioether (sulfide) groups is 1. The Kier molecular flexibility index (Phi) is 10.4. The quantitative estimate of drug-likeness (QED) is 0.176. The Balaban J connectivity index is 1.62. The van der Waals surface area contributed by atoms with Crippen molar-refractivity contribution in [2.45, 2.75) is 48.5 Å². The fourth-order valence-corrected chi connectivity index (χ4v) is 5.56. The van der Waals surface area contributed by atoms with Crippen LogP contribution in [0.3, 0.4) is 0 Å². The van der Waals surface area contributed by atoms with Gasteiger partial charge in [-0.1, -0.05) is 40.2 Å². The zero-order valence-electron chi connectivity index (χ0n) is 21.6. The molecule has 0 saturated carbocycles. The van der Waals surface area contributed by atoms with Gasteiger partial charge in [0.25, 0.3) is 5.91 Å². The van der Waals surface area contributed by atoms with Crippen LogP contribution in [0.4, 0.5) is 8.78 Å². The summed E-state index contributed by atoms with van der Waals surface area (Å²) < 4.78 is 41.2. The topological polar surface area (TPSA) is 110 Å². The van der Waals surface area contributed by atoms with Crippen LogP contribution in [0.5, 0.6) is 0 Å². The van der Waals surface area contributed by atoms with Crippen molar-refractivity contribution in [1.82, 2.24) is 19.9 Å². The highest BCUT2D eigenvalue weighted by Gasteiger charge is 2.32. The fourth-order valence-electron chi connectivity index (χ4n) is 3.94. The molecular formula is C26H28Cl2F2N4O5S. The Bertz CT molecular complexity index is 1320. The van der Waals surface area contributed by atoms with E-state index in [1.807, 2.05) is 0 Å². The maximum absolute atomic E-state index is 14.0. The number of aliphatic hydroxyl groups is 2. The summed E-state index contributed by atoms with van der Waals surface area (Å²) in [6, 6.07) is 7.04. The minimum Gasteiger partial charge on any atom is -0.394 e. The van der Waals surface area contributed by atoms with Crippen LogP contribution in [0.15, 0.2) is 41.4 Å². The number of carbonyl (C=O) groups is 1. The summed E-state index contributed by atoms with van der Waals surface area (Å²) in [6.45, 7) is 2.40. The summed E-state index contributed by atoms with van der Waals surface area (Å²) in [4.78, 5) is 15.4. The van der Waals surface area contributed by atoms with Gasteiger partial charge < -0.3 is 24.6 Å². The maximum atomic E-state index is 14.0. The standard InChI is InChI=1S/C26H28Cl2F2N4O5S/c1-14(36)22(13-35)39-26(40-23-10-16(27)4-5-17(23)25(37)33-6-3-7-33)21(38-2)12-34-11-20(31-32-34)15-8-18(29)24(28)19(30)9-15/h4-5,8-11,14,21-22,26,35-36H,3,6-7,12-13H2,1-2H3/t14-,21+,22?,26?/m1/s1. The molecule has 1 fully saturated rings. The Morgan fingerprint density at radius 2 is 1.88 bits per heavy atom. The fraction of sp³-hybridized carbons (Fsp3) is 0.423. The molecule has 4 atom stereocenters. The number of amides is 1. The average Bonchev–Trinajstić information content (AvgIpc) is 3.35. The van der Waals surface area contributed by atoms with Crippen LogP contribution in [0.2, 0.25) is 10.0 Å².